The van der Waals surface area contributed by atoms with Gasteiger partial charge in [0.25, 0.3) is 5.91 Å². The van der Waals surface area contributed by atoms with Crippen LogP contribution in [-0.4, -0.2) is 42.0 Å². The minimum Gasteiger partial charge on any atom is -0.504 e. The Balaban J connectivity index is 2.00. The Morgan fingerprint density at radius 2 is 1.49 bits per heavy atom. The number of aromatic hydroxyl groups is 1. The van der Waals surface area contributed by atoms with Crippen LogP contribution in [0, 0.1) is 5.41 Å². The van der Waals surface area contributed by atoms with Crippen LogP contribution in [0.2, 0.25) is 0 Å². The summed E-state index contributed by atoms with van der Waals surface area (Å²) in [5.41, 5.74) is 7.81. The molecule has 9 nitrogen and oxygen atoms in total. The number of nitrogens with two attached hydrogens (primary N) is 1. The number of ether oxygens (including phenoxy) is 3. The smallest absolute Gasteiger partial charge is 0.337 e. The fourth-order valence-corrected chi connectivity index (χ4v) is 3.52. The van der Waals surface area contributed by atoms with E-state index in [1.807, 2.05) is 13.8 Å². The third-order valence-electron chi connectivity index (χ3n) is 5.21. The molecule has 37 heavy (non-hydrogen) atoms. The summed E-state index contributed by atoms with van der Waals surface area (Å²) >= 11 is 0. The number of anilines is 2. The Labute approximate surface area is 215 Å². The number of benzene rings is 3. The molecule has 0 fully saturated rings. The van der Waals surface area contributed by atoms with Crippen molar-refractivity contribution in [3.63, 3.8) is 0 Å². The molecule has 0 aliphatic carbocycles. The number of nitrogen functional groups attached to an aromatic ring is 1. The van der Waals surface area contributed by atoms with E-state index in [1.165, 1.54) is 31.4 Å². The van der Waals surface area contributed by atoms with Crippen molar-refractivity contribution < 1.29 is 28.9 Å². The molecular formula is C28H31N3O6. The summed E-state index contributed by atoms with van der Waals surface area (Å²) < 4.78 is 16.4. The van der Waals surface area contributed by atoms with Crippen LogP contribution < -0.4 is 20.5 Å². The van der Waals surface area contributed by atoms with Gasteiger partial charge in [-0.05, 0) is 70.2 Å². The van der Waals surface area contributed by atoms with Crippen LogP contribution in [0.1, 0.15) is 59.5 Å². The first-order valence-electron chi connectivity index (χ1n) is 11.7. The van der Waals surface area contributed by atoms with Gasteiger partial charge in [-0.2, -0.15) is 0 Å². The summed E-state index contributed by atoms with van der Waals surface area (Å²) in [6, 6.07) is 14.2. The minimum absolute atomic E-state index is 0.0177. The van der Waals surface area contributed by atoms with E-state index >= 15 is 0 Å². The number of carbonyl (C=O) groups excluding carboxylic acids is 2. The highest BCUT2D eigenvalue weighted by atomic mass is 16.5. The van der Waals surface area contributed by atoms with Gasteiger partial charge in [0, 0.05) is 16.8 Å². The van der Waals surface area contributed by atoms with Crippen molar-refractivity contribution in [2.24, 2.45) is 0 Å². The Hall–Kier alpha value is -4.53. The second-order valence-corrected chi connectivity index (χ2v) is 8.83. The monoisotopic (exact) mass is 505 g/mol. The molecule has 3 rings (SSSR count). The molecule has 0 spiro atoms. The van der Waals surface area contributed by atoms with Crippen LogP contribution in [0.4, 0.5) is 11.4 Å². The molecule has 0 radical (unpaired) electrons. The summed E-state index contributed by atoms with van der Waals surface area (Å²) in [7, 11) is 1.28. The predicted octanol–water partition coefficient (Wildman–Crippen LogP) is 5.00. The summed E-state index contributed by atoms with van der Waals surface area (Å²) in [5, 5.41) is 22.5. The average Bonchev–Trinajstić information content (AvgIpc) is 2.85. The third-order valence-corrected chi connectivity index (χ3v) is 5.21. The van der Waals surface area contributed by atoms with E-state index in [2.05, 4.69) is 5.32 Å². The SMILES string of the molecule is COC(=O)c1ccc(NC(=O)c2ccc(C(=N)c3ccc(N)cc3)c(OC(C)C)c2O)c(OC(C)C)c1. The molecule has 3 aromatic rings. The van der Waals surface area contributed by atoms with Gasteiger partial charge in [0.2, 0.25) is 0 Å². The number of phenolic OH excluding ortho intramolecular Hbond substituents is 1. The number of amides is 1. The number of hydrogen-bond acceptors (Lipinski definition) is 8. The molecule has 1 amide bonds. The zero-order chi connectivity index (χ0) is 27.3. The maximum Gasteiger partial charge on any atom is 0.337 e. The molecule has 0 bridgehead atoms. The van der Waals surface area contributed by atoms with E-state index < -0.39 is 17.6 Å². The molecule has 0 saturated heterocycles. The lowest BCUT2D eigenvalue weighted by Gasteiger charge is -2.19. The molecule has 5 N–H and O–H groups in total. The van der Waals surface area contributed by atoms with Crippen molar-refractivity contribution >= 4 is 29.0 Å². The second-order valence-electron chi connectivity index (χ2n) is 8.83. The van der Waals surface area contributed by atoms with Crippen molar-refractivity contribution in [2.75, 3.05) is 18.2 Å². The fourth-order valence-electron chi connectivity index (χ4n) is 3.52. The zero-order valence-electron chi connectivity index (χ0n) is 21.4. The van der Waals surface area contributed by atoms with Crippen molar-refractivity contribution in [3.8, 4) is 17.2 Å². The van der Waals surface area contributed by atoms with Crippen LogP contribution >= 0.6 is 0 Å². The first kappa shape index (κ1) is 27.1. The van der Waals surface area contributed by atoms with Gasteiger partial charge in [-0.3, -0.25) is 10.2 Å². The summed E-state index contributed by atoms with van der Waals surface area (Å²) in [5.74, 6) is -1.29. The standard InChI is InChI=1S/C28H31N3O6/c1-15(2)36-23-14-18(28(34)35-5)8-13-22(23)31-27(33)21-12-11-20(26(25(21)32)37-16(3)4)24(30)17-6-9-19(29)10-7-17/h6-16,30,32H,29H2,1-5H3,(H,31,33). The van der Waals surface area contributed by atoms with E-state index in [4.69, 9.17) is 25.4 Å². The quantitative estimate of drug-likeness (QED) is 0.182. The minimum atomic E-state index is -0.629. The molecule has 0 aliphatic heterocycles. The number of esters is 1. The van der Waals surface area contributed by atoms with Crippen LogP contribution in [0.15, 0.2) is 54.6 Å². The van der Waals surface area contributed by atoms with E-state index in [-0.39, 0.29) is 40.5 Å². The Kier molecular flexibility index (Phi) is 8.39. The van der Waals surface area contributed by atoms with Crippen molar-refractivity contribution in [3.05, 3.63) is 76.9 Å². The molecule has 0 aliphatic rings. The molecule has 0 atom stereocenters. The van der Waals surface area contributed by atoms with Gasteiger partial charge in [0.05, 0.1) is 41.8 Å². The van der Waals surface area contributed by atoms with E-state index in [9.17, 15) is 14.7 Å². The molecule has 9 heteroatoms. The van der Waals surface area contributed by atoms with Crippen molar-refractivity contribution in [1.82, 2.24) is 0 Å². The molecule has 194 valence electrons. The van der Waals surface area contributed by atoms with E-state index in [0.29, 0.717) is 22.5 Å². The maximum absolute atomic E-state index is 13.2. The molecule has 0 saturated carbocycles. The van der Waals surface area contributed by atoms with Crippen LogP contribution in [0.3, 0.4) is 0 Å². The Morgan fingerprint density at radius 1 is 0.892 bits per heavy atom. The third kappa shape index (κ3) is 6.38. The fraction of sp³-hybridized carbons (Fsp3) is 0.250. The second kappa shape index (κ2) is 11.5. The predicted molar refractivity (Wildman–Crippen MR) is 142 cm³/mol. The van der Waals surface area contributed by atoms with E-state index in [1.54, 1.807) is 44.2 Å². The first-order valence-corrected chi connectivity index (χ1v) is 11.7. The lowest BCUT2D eigenvalue weighted by atomic mass is 9.98. The van der Waals surface area contributed by atoms with Gasteiger partial charge in [-0.15, -0.1) is 0 Å². The van der Waals surface area contributed by atoms with Crippen molar-refractivity contribution in [1.29, 1.82) is 5.41 Å². The Morgan fingerprint density at radius 3 is 2.08 bits per heavy atom. The number of hydrogen-bond donors (Lipinski definition) is 4. The number of methoxy groups -OCH3 is 1. The lowest BCUT2D eigenvalue weighted by molar-refractivity contribution is 0.0600. The number of phenols is 1. The highest BCUT2D eigenvalue weighted by Gasteiger charge is 2.24. The average molecular weight is 506 g/mol. The van der Waals surface area contributed by atoms with E-state index in [0.717, 1.165) is 0 Å². The van der Waals surface area contributed by atoms with Gasteiger partial charge in [0.1, 0.15) is 5.75 Å². The van der Waals surface area contributed by atoms with Crippen LogP contribution in [-0.2, 0) is 4.74 Å². The number of rotatable bonds is 9. The molecule has 0 aromatic heterocycles. The van der Waals surface area contributed by atoms with Gasteiger partial charge in [-0.1, -0.05) is 12.1 Å². The Bertz CT molecular complexity index is 1320. The summed E-state index contributed by atoms with van der Waals surface area (Å²) in [6.07, 6.45) is -0.569. The molecule has 0 unspecified atom stereocenters. The zero-order valence-corrected chi connectivity index (χ0v) is 21.4. The van der Waals surface area contributed by atoms with Crippen LogP contribution in [0.25, 0.3) is 0 Å². The van der Waals surface area contributed by atoms with Gasteiger partial charge in [0.15, 0.2) is 11.5 Å². The normalized spacial score (nSPS) is 10.8. The molecule has 0 heterocycles. The summed E-state index contributed by atoms with van der Waals surface area (Å²) in [4.78, 5) is 25.2. The first-order chi connectivity index (χ1) is 17.5. The highest BCUT2D eigenvalue weighted by molar-refractivity contribution is 6.15. The molecule has 3 aromatic carbocycles. The summed E-state index contributed by atoms with van der Waals surface area (Å²) in [6.45, 7) is 7.18. The molecular weight excluding hydrogens is 474 g/mol. The van der Waals surface area contributed by atoms with Gasteiger partial charge >= 0.3 is 5.97 Å². The van der Waals surface area contributed by atoms with Gasteiger partial charge < -0.3 is 30.4 Å². The largest absolute Gasteiger partial charge is 0.504 e. The topological polar surface area (TPSA) is 144 Å². The lowest BCUT2D eigenvalue weighted by Crippen LogP contribution is -2.17. The van der Waals surface area contributed by atoms with Gasteiger partial charge in [-0.25, -0.2) is 4.79 Å². The highest BCUT2D eigenvalue weighted by Crippen LogP contribution is 2.37. The number of carbonyl (C=O) groups is 2. The van der Waals surface area contributed by atoms with Crippen LogP contribution in [0.5, 0.6) is 17.2 Å². The number of nitrogens with one attached hydrogen (secondary N) is 2. The maximum atomic E-state index is 13.2. The van der Waals surface area contributed by atoms with Crippen molar-refractivity contribution in [2.45, 2.75) is 39.9 Å².